The number of unbranched alkanes of at least 4 members (excludes halogenated alkanes) is 2. The number of hydrogen-bond acceptors (Lipinski definition) is 9. The molecule has 0 aromatic heterocycles. The molecule has 1 spiro atoms. The van der Waals surface area contributed by atoms with E-state index in [9.17, 15) is 14.7 Å². The van der Waals surface area contributed by atoms with Crippen LogP contribution in [0.25, 0.3) is 11.1 Å². The molecule has 268 valence electrons. The van der Waals surface area contributed by atoms with E-state index < -0.39 is 18.0 Å². The molecule has 4 N–H and O–H groups in total. The third-order valence-electron chi connectivity index (χ3n) is 9.87. The van der Waals surface area contributed by atoms with Gasteiger partial charge in [-0.25, -0.2) is 5.48 Å². The number of hydroxylamine groups is 1. The van der Waals surface area contributed by atoms with Crippen molar-refractivity contribution in [1.29, 1.82) is 0 Å². The van der Waals surface area contributed by atoms with Crippen LogP contribution in [0.4, 0.5) is 0 Å². The van der Waals surface area contributed by atoms with Crippen molar-refractivity contribution in [3.63, 3.8) is 0 Å². The van der Waals surface area contributed by atoms with Crippen LogP contribution < -0.4 is 10.8 Å². The van der Waals surface area contributed by atoms with Gasteiger partial charge in [-0.1, -0.05) is 73.2 Å². The van der Waals surface area contributed by atoms with E-state index in [0.29, 0.717) is 39.0 Å². The monoisotopic (exact) mass is 687 g/mol. The third-order valence-corrected chi connectivity index (χ3v) is 9.87. The SMILES string of the molecule is O=C(CCCCCC(=O)NCc1cccc(-c2ccc([C@@H]3O[C@H](CN4CCC5(CC4)OCCO5)C[C@H](c4ccc(CO)cc4)O3)cc2)c1)NO. The van der Waals surface area contributed by atoms with E-state index in [1.165, 1.54) is 0 Å². The molecule has 0 radical (unpaired) electrons. The first kappa shape index (κ1) is 36.1. The first-order chi connectivity index (χ1) is 24.4. The van der Waals surface area contributed by atoms with Crippen LogP contribution in [0.5, 0.6) is 0 Å². The minimum absolute atomic E-state index is 0.00442. The first-order valence-electron chi connectivity index (χ1n) is 17.8. The van der Waals surface area contributed by atoms with Gasteiger partial charge in [0.15, 0.2) is 12.1 Å². The van der Waals surface area contributed by atoms with E-state index in [4.69, 9.17) is 24.2 Å². The number of carbonyl (C=O) groups is 2. The molecule has 2 amide bonds. The molecule has 3 aliphatic heterocycles. The van der Waals surface area contributed by atoms with Crippen molar-refractivity contribution >= 4 is 11.8 Å². The molecule has 0 bridgehead atoms. The zero-order chi connectivity index (χ0) is 34.8. The summed E-state index contributed by atoms with van der Waals surface area (Å²) in [6.45, 7) is 4.36. The lowest BCUT2D eigenvalue weighted by Gasteiger charge is -2.41. The van der Waals surface area contributed by atoms with Crippen LogP contribution in [-0.4, -0.2) is 71.8 Å². The highest BCUT2D eigenvalue weighted by Crippen LogP contribution is 2.39. The number of likely N-dealkylation sites (tertiary alicyclic amines) is 1. The van der Waals surface area contributed by atoms with Crippen LogP contribution in [0, 0.1) is 0 Å². The van der Waals surface area contributed by atoms with Gasteiger partial charge in [0, 0.05) is 63.8 Å². The van der Waals surface area contributed by atoms with Crippen molar-refractivity contribution in [3.8, 4) is 11.1 Å². The number of aliphatic hydroxyl groups excluding tert-OH is 1. The summed E-state index contributed by atoms with van der Waals surface area (Å²) < 4.78 is 25.1. The lowest BCUT2D eigenvalue weighted by atomic mass is 9.98. The Labute approximate surface area is 293 Å². The number of hydrogen-bond donors (Lipinski definition) is 4. The van der Waals surface area contributed by atoms with Crippen LogP contribution >= 0.6 is 0 Å². The molecule has 11 nitrogen and oxygen atoms in total. The average Bonchev–Trinajstić information content (AvgIpc) is 3.62. The summed E-state index contributed by atoms with van der Waals surface area (Å²) in [6.07, 6.45) is 4.44. The smallest absolute Gasteiger partial charge is 0.243 e. The Bertz CT molecular complexity index is 1530. The van der Waals surface area contributed by atoms with Crippen molar-refractivity contribution in [3.05, 3.63) is 95.1 Å². The molecule has 11 heteroatoms. The predicted octanol–water partition coefficient (Wildman–Crippen LogP) is 5.30. The molecular formula is C39H49N3O8. The van der Waals surface area contributed by atoms with Crippen molar-refractivity contribution in [1.82, 2.24) is 15.7 Å². The van der Waals surface area contributed by atoms with Gasteiger partial charge < -0.3 is 34.3 Å². The van der Waals surface area contributed by atoms with Gasteiger partial charge in [-0.05, 0) is 46.7 Å². The molecule has 6 rings (SSSR count). The molecule has 0 aliphatic carbocycles. The molecule has 0 unspecified atom stereocenters. The number of amides is 2. The fourth-order valence-electron chi connectivity index (χ4n) is 6.97. The molecule has 3 aromatic carbocycles. The fraction of sp³-hybridized carbons (Fsp3) is 0.487. The Morgan fingerprint density at radius 2 is 1.50 bits per heavy atom. The van der Waals surface area contributed by atoms with E-state index in [0.717, 1.165) is 78.7 Å². The minimum atomic E-state index is -0.531. The molecule has 3 aliphatic rings. The number of nitrogens with zero attached hydrogens (tertiary/aromatic N) is 1. The molecule has 0 saturated carbocycles. The average molecular weight is 688 g/mol. The summed E-state index contributed by atoms with van der Waals surface area (Å²) in [7, 11) is 0. The second-order valence-electron chi connectivity index (χ2n) is 13.5. The molecule has 50 heavy (non-hydrogen) atoms. The Morgan fingerprint density at radius 1 is 0.800 bits per heavy atom. The molecular weight excluding hydrogens is 638 g/mol. The lowest BCUT2D eigenvalue weighted by molar-refractivity contribution is -0.255. The van der Waals surface area contributed by atoms with Crippen LogP contribution in [0.1, 0.15) is 86.0 Å². The zero-order valence-electron chi connectivity index (χ0n) is 28.6. The second kappa shape index (κ2) is 17.5. The highest BCUT2D eigenvalue weighted by Gasteiger charge is 2.41. The van der Waals surface area contributed by atoms with Gasteiger partial charge in [0.1, 0.15) is 0 Å². The maximum atomic E-state index is 12.4. The molecule has 3 heterocycles. The number of aliphatic hydroxyl groups is 1. The first-order valence-corrected chi connectivity index (χ1v) is 17.8. The number of nitrogens with one attached hydrogen (secondary N) is 2. The summed E-state index contributed by atoms with van der Waals surface area (Å²) in [4.78, 5) is 25.9. The van der Waals surface area contributed by atoms with E-state index >= 15 is 0 Å². The molecule has 3 saturated heterocycles. The Balaban J connectivity index is 1.06. The largest absolute Gasteiger partial charge is 0.392 e. The Hall–Kier alpha value is -3.68. The highest BCUT2D eigenvalue weighted by molar-refractivity contribution is 5.76. The predicted molar refractivity (Wildman–Crippen MR) is 185 cm³/mol. The topological polar surface area (TPSA) is 139 Å². The Kier molecular flexibility index (Phi) is 12.6. The van der Waals surface area contributed by atoms with E-state index in [-0.39, 0.29) is 31.1 Å². The number of piperidine rings is 1. The fourth-order valence-corrected chi connectivity index (χ4v) is 6.97. The van der Waals surface area contributed by atoms with Gasteiger partial charge in [-0.2, -0.15) is 0 Å². The second-order valence-corrected chi connectivity index (χ2v) is 13.5. The van der Waals surface area contributed by atoms with E-state index in [2.05, 4.69) is 46.6 Å². The Morgan fingerprint density at radius 3 is 2.20 bits per heavy atom. The van der Waals surface area contributed by atoms with Crippen LogP contribution in [0.3, 0.4) is 0 Å². The van der Waals surface area contributed by atoms with Gasteiger partial charge in [0.05, 0.1) is 32.0 Å². The quantitative estimate of drug-likeness (QED) is 0.101. The van der Waals surface area contributed by atoms with Crippen molar-refractivity contribution < 1.29 is 38.9 Å². The summed E-state index contributed by atoms with van der Waals surface area (Å²) in [5.74, 6) is -0.844. The number of benzene rings is 3. The van der Waals surface area contributed by atoms with Crippen molar-refractivity contribution in [2.45, 2.75) is 88.8 Å². The summed E-state index contributed by atoms with van der Waals surface area (Å²) in [6, 6.07) is 24.4. The third kappa shape index (κ3) is 9.76. The van der Waals surface area contributed by atoms with Crippen molar-refractivity contribution in [2.24, 2.45) is 0 Å². The van der Waals surface area contributed by atoms with Gasteiger partial charge in [-0.3, -0.25) is 14.8 Å². The lowest BCUT2D eigenvalue weighted by Crippen LogP contribution is -2.48. The van der Waals surface area contributed by atoms with E-state index in [1.54, 1.807) is 5.48 Å². The van der Waals surface area contributed by atoms with Gasteiger partial charge in [0.2, 0.25) is 11.8 Å². The standard InChI is InChI=1S/C39H49N3O8/c43-27-28-9-11-31(12-10-28)35-24-34(26-42-19-17-39(18-20-42)47-21-22-48-39)49-38(50-35)32-15-13-30(14-16-32)33-6-4-5-29(23-33)25-40-36(44)7-2-1-3-8-37(45)41-46/h4-6,9-16,23,34-35,38,43,46H,1-3,7-8,17-22,24-27H2,(H,40,44)(H,41,45)/t34-,35+,38+/m0/s1. The minimum Gasteiger partial charge on any atom is -0.392 e. The molecule has 3 atom stereocenters. The number of ether oxygens (including phenoxy) is 4. The van der Waals surface area contributed by atoms with Crippen LogP contribution in [-0.2, 0) is 41.7 Å². The van der Waals surface area contributed by atoms with Gasteiger partial charge in [-0.15, -0.1) is 0 Å². The van der Waals surface area contributed by atoms with Gasteiger partial charge >= 0.3 is 0 Å². The number of rotatable bonds is 14. The van der Waals surface area contributed by atoms with Gasteiger partial charge in [0.25, 0.3) is 0 Å². The highest BCUT2D eigenvalue weighted by atomic mass is 16.7. The maximum absolute atomic E-state index is 12.4. The maximum Gasteiger partial charge on any atom is 0.243 e. The summed E-state index contributed by atoms with van der Waals surface area (Å²) >= 11 is 0. The van der Waals surface area contributed by atoms with Crippen LogP contribution in [0.15, 0.2) is 72.8 Å². The number of carbonyl (C=O) groups excluding carboxylic acids is 2. The molecule has 3 aromatic rings. The normalized spacial score (nSPS) is 22.0. The van der Waals surface area contributed by atoms with E-state index in [1.807, 2.05) is 36.4 Å². The molecule has 3 fully saturated rings. The van der Waals surface area contributed by atoms with Crippen molar-refractivity contribution in [2.75, 3.05) is 32.8 Å². The summed E-state index contributed by atoms with van der Waals surface area (Å²) in [5.41, 5.74) is 7.61. The summed E-state index contributed by atoms with van der Waals surface area (Å²) in [5, 5.41) is 21.1. The zero-order valence-corrected chi connectivity index (χ0v) is 28.6. The van der Waals surface area contributed by atoms with Crippen LogP contribution in [0.2, 0.25) is 0 Å².